The van der Waals surface area contributed by atoms with Crippen LogP contribution in [0.3, 0.4) is 0 Å². The molecule has 0 bridgehead atoms. The van der Waals surface area contributed by atoms with Gasteiger partial charge in [0.1, 0.15) is 11.6 Å². The summed E-state index contributed by atoms with van der Waals surface area (Å²) in [4.78, 5) is 16.6. The average Bonchev–Trinajstić information content (AvgIpc) is 3.57. The van der Waals surface area contributed by atoms with Crippen molar-refractivity contribution < 1.29 is 9.53 Å². The van der Waals surface area contributed by atoms with Gasteiger partial charge in [0.2, 0.25) is 5.91 Å². The second kappa shape index (κ2) is 7.72. The summed E-state index contributed by atoms with van der Waals surface area (Å²) in [7, 11) is 1.66. The summed E-state index contributed by atoms with van der Waals surface area (Å²) >= 11 is 0. The monoisotopic (exact) mass is 373 g/mol. The highest BCUT2D eigenvalue weighted by atomic mass is 16.5. The van der Waals surface area contributed by atoms with Gasteiger partial charge in [-0.3, -0.25) is 4.79 Å². The highest BCUT2D eigenvalue weighted by Crippen LogP contribution is 2.32. The molecule has 5 heteroatoms. The van der Waals surface area contributed by atoms with Gasteiger partial charge in [-0.15, -0.1) is 0 Å². The van der Waals surface area contributed by atoms with Crippen LogP contribution in [0.4, 0.5) is 11.5 Å². The molecule has 0 spiro atoms. The van der Waals surface area contributed by atoms with Crippen LogP contribution in [0.1, 0.15) is 24.0 Å². The predicted molar refractivity (Wildman–Crippen MR) is 114 cm³/mol. The molecule has 28 heavy (non-hydrogen) atoms. The summed E-state index contributed by atoms with van der Waals surface area (Å²) in [5.41, 5.74) is 2.88. The van der Waals surface area contributed by atoms with Crippen LogP contribution in [0.15, 0.2) is 55.2 Å². The van der Waals surface area contributed by atoms with Gasteiger partial charge in [0, 0.05) is 35.3 Å². The number of pyridine rings is 1. The summed E-state index contributed by atoms with van der Waals surface area (Å²) in [6.07, 6.45) is 5.56. The molecule has 1 fully saturated rings. The number of rotatable bonds is 7. The number of benzene rings is 2. The Kier molecular flexibility index (Phi) is 4.98. The van der Waals surface area contributed by atoms with Crippen molar-refractivity contribution in [2.75, 3.05) is 17.7 Å². The van der Waals surface area contributed by atoms with Gasteiger partial charge in [0.05, 0.1) is 7.11 Å². The maximum Gasteiger partial charge on any atom is 0.227 e. The first-order valence-corrected chi connectivity index (χ1v) is 9.41. The predicted octanol–water partition coefficient (Wildman–Crippen LogP) is 4.85. The first-order valence-electron chi connectivity index (χ1n) is 9.41. The van der Waals surface area contributed by atoms with Crippen molar-refractivity contribution in [3.8, 4) is 5.75 Å². The average molecular weight is 373 g/mol. The number of methoxy groups -OCH3 is 1. The van der Waals surface area contributed by atoms with E-state index in [1.807, 2.05) is 42.5 Å². The van der Waals surface area contributed by atoms with Crippen molar-refractivity contribution in [2.24, 2.45) is 5.92 Å². The van der Waals surface area contributed by atoms with E-state index in [1.54, 1.807) is 19.4 Å². The molecule has 1 heterocycles. The minimum Gasteiger partial charge on any atom is -0.497 e. The number of carbonyl (C=O) groups excluding carboxylic acids is 1. The fraction of sp³-hybridized carbons (Fsp3) is 0.217. The lowest BCUT2D eigenvalue weighted by Crippen LogP contribution is -2.13. The molecule has 2 N–H and O–H groups in total. The van der Waals surface area contributed by atoms with Crippen molar-refractivity contribution in [3.63, 3.8) is 0 Å². The normalized spacial score (nSPS) is 13.2. The molecular formula is C23H23N3O2. The fourth-order valence-corrected chi connectivity index (χ4v) is 3.16. The molecule has 0 radical (unpaired) electrons. The highest BCUT2D eigenvalue weighted by Gasteiger charge is 2.29. The summed E-state index contributed by atoms with van der Waals surface area (Å²) in [5, 5.41) is 8.42. The van der Waals surface area contributed by atoms with Gasteiger partial charge in [-0.2, -0.15) is 0 Å². The number of anilines is 2. The van der Waals surface area contributed by atoms with E-state index in [0.29, 0.717) is 6.54 Å². The highest BCUT2D eigenvalue weighted by molar-refractivity contribution is 6.01. The minimum absolute atomic E-state index is 0.103. The Balaban J connectivity index is 1.58. The van der Waals surface area contributed by atoms with Gasteiger partial charge in [-0.1, -0.05) is 24.8 Å². The molecule has 0 unspecified atom stereocenters. The van der Waals surface area contributed by atoms with E-state index in [1.165, 1.54) is 0 Å². The van der Waals surface area contributed by atoms with Crippen LogP contribution < -0.4 is 15.4 Å². The molecule has 1 aromatic heterocycles. The molecule has 0 saturated heterocycles. The minimum atomic E-state index is 0.103. The van der Waals surface area contributed by atoms with Gasteiger partial charge in [0.25, 0.3) is 0 Å². The SMILES string of the molecule is C=Cc1cnc(NCc2ccc(OC)cc2)c2ccc(NC(=O)C3CC3)cc12. The second-order valence-corrected chi connectivity index (χ2v) is 6.99. The second-order valence-electron chi connectivity index (χ2n) is 6.99. The smallest absolute Gasteiger partial charge is 0.227 e. The lowest BCUT2D eigenvalue weighted by Gasteiger charge is -2.13. The first kappa shape index (κ1) is 18.0. The maximum absolute atomic E-state index is 12.1. The Morgan fingerprint density at radius 3 is 2.68 bits per heavy atom. The third-order valence-corrected chi connectivity index (χ3v) is 4.97. The van der Waals surface area contributed by atoms with E-state index in [4.69, 9.17) is 4.74 Å². The molecule has 1 saturated carbocycles. The van der Waals surface area contributed by atoms with Crippen LogP contribution in [0.5, 0.6) is 5.75 Å². The Hall–Kier alpha value is -3.34. The summed E-state index contributed by atoms with van der Waals surface area (Å²) in [6.45, 7) is 4.54. The molecule has 1 aliphatic carbocycles. The number of hydrogen-bond donors (Lipinski definition) is 2. The number of carbonyl (C=O) groups is 1. The van der Waals surface area contributed by atoms with Crippen molar-refractivity contribution in [1.82, 2.24) is 4.98 Å². The summed E-state index contributed by atoms with van der Waals surface area (Å²) in [6, 6.07) is 13.8. The van der Waals surface area contributed by atoms with Crippen LogP contribution in [0.2, 0.25) is 0 Å². The standard InChI is InChI=1S/C23H23N3O2/c1-3-16-14-25-22(24-13-15-4-9-19(28-2)10-5-15)20-11-8-18(12-21(16)20)26-23(27)17-6-7-17/h3-5,8-12,14,17H,1,6-7,13H2,2H3,(H,24,25)(H,26,27). The fourth-order valence-electron chi connectivity index (χ4n) is 3.16. The zero-order chi connectivity index (χ0) is 19.5. The number of aromatic nitrogens is 1. The number of amides is 1. The number of nitrogens with one attached hydrogen (secondary N) is 2. The van der Waals surface area contributed by atoms with Gasteiger partial charge < -0.3 is 15.4 Å². The Morgan fingerprint density at radius 1 is 1.21 bits per heavy atom. The number of hydrogen-bond acceptors (Lipinski definition) is 4. The van der Waals surface area contributed by atoms with Crippen LogP contribution in [0, 0.1) is 5.92 Å². The third kappa shape index (κ3) is 3.83. The quantitative estimate of drug-likeness (QED) is 0.622. The van der Waals surface area contributed by atoms with Crippen molar-refractivity contribution >= 4 is 34.3 Å². The van der Waals surface area contributed by atoms with Gasteiger partial charge in [-0.05, 0) is 54.1 Å². The molecule has 4 rings (SSSR count). The van der Waals surface area contributed by atoms with Crippen molar-refractivity contribution in [3.05, 3.63) is 66.4 Å². The molecule has 0 atom stereocenters. The molecule has 142 valence electrons. The molecule has 1 aliphatic rings. The Labute approximate surface area is 164 Å². The Morgan fingerprint density at radius 2 is 2.00 bits per heavy atom. The molecule has 3 aromatic rings. The van der Waals surface area contributed by atoms with Gasteiger partial charge in [-0.25, -0.2) is 4.98 Å². The molecule has 5 nitrogen and oxygen atoms in total. The van der Waals surface area contributed by atoms with Crippen LogP contribution in [0.25, 0.3) is 16.8 Å². The van der Waals surface area contributed by atoms with Crippen LogP contribution in [-0.4, -0.2) is 18.0 Å². The zero-order valence-corrected chi connectivity index (χ0v) is 15.9. The summed E-state index contributed by atoms with van der Waals surface area (Å²) in [5.74, 6) is 1.92. The molecule has 0 aliphatic heterocycles. The van der Waals surface area contributed by atoms with E-state index in [9.17, 15) is 4.79 Å². The third-order valence-electron chi connectivity index (χ3n) is 4.97. The van der Waals surface area contributed by atoms with E-state index < -0.39 is 0 Å². The number of nitrogens with zero attached hydrogens (tertiary/aromatic N) is 1. The van der Waals surface area contributed by atoms with Crippen molar-refractivity contribution in [1.29, 1.82) is 0 Å². The van der Waals surface area contributed by atoms with Crippen LogP contribution in [-0.2, 0) is 11.3 Å². The number of fused-ring (bicyclic) bond motifs is 1. The topological polar surface area (TPSA) is 63.3 Å². The summed E-state index contributed by atoms with van der Waals surface area (Å²) < 4.78 is 5.20. The van der Waals surface area contributed by atoms with E-state index in [-0.39, 0.29) is 11.8 Å². The van der Waals surface area contributed by atoms with Gasteiger partial charge >= 0.3 is 0 Å². The Bertz CT molecular complexity index is 1020. The largest absolute Gasteiger partial charge is 0.497 e. The lowest BCUT2D eigenvalue weighted by atomic mass is 10.1. The molecular weight excluding hydrogens is 350 g/mol. The van der Waals surface area contributed by atoms with Gasteiger partial charge in [0.15, 0.2) is 0 Å². The van der Waals surface area contributed by atoms with E-state index >= 15 is 0 Å². The van der Waals surface area contributed by atoms with E-state index in [2.05, 4.69) is 22.2 Å². The van der Waals surface area contributed by atoms with E-state index in [0.717, 1.165) is 52.0 Å². The number of ether oxygens (including phenoxy) is 1. The van der Waals surface area contributed by atoms with Crippen LogP contribution >= 0.6 is 0 Å². The zero-order valence-electron chi connectivity index (χ0n) is 15.9. The lowest BCUT2D eigenvalue weighted by molar-refractivity contribution is -0.117. The first-order chi connectivity index (χ1) is 13.7. The molecule has 1 amide bonds. The van der Waals surface area contributed by atoms with Crippen molar-refractivity contribution in [2.45, 2.75) is 19.4 Å². The maximum atomic E-state index is 12.1. The molecule has 2 aromatic carbocycles.